The van der Waals surface area contributed by atoms with E-state index in [1.54, 1.807) is 0 Å². The molecule has 0 atom stereocenters. The van der Waals surface area contributed by atoms with Crippen LogP contribution in [0.4, 0.5) is 0 Å². The van der Waals surface area contributed by atoms with Crippen molar-refractivity contribution in [2.75, 3.05) is 0 Å². The predicted molar refractivity (Wildman–Crippen MR) is 40.3 cm³/mol. The minimum atomic E-state index is -0.0160. The van der Waals surface area contributed by atoms with Gasteiger partial charge in [0.1, 0.15) is 0 Å². The number of carbonyl (C=O) groups excluding carboxylic acids is 1. The van der Waals surface area contributed by atoms with Crippen molar-refractivity contribution in [1.82, 2.24) is 15.2 Å². The average molecular weight is 175 g/mol. The highest BCUT2D eigenvalue weighted by molar-refractivity contribution is 8.13. The number of carbonyl (C=O) groups is 1. The lowest BCUT2D eigenvalue weighted by Crippen LogP contribution is -1.82. The molecule has 0 saturated carbocycles. The molecule has 0 aliphatic heterocycles. The summed E-state index contributed by atoms with van der Waals surface area (Å²) in [4.78, 5) is 14.3. The van der Waals surface area contributed by atoms with Crippen molar-refractivity contribution < 1.29 is 4.79 Å². The molecule has 1 aromatic rings. The molecule has 1 rings (SSSR count). The van der Waals surface area contributed by atoms with E-state index in [1.165, 1.54) is 6.92 Å². The molecule has 1 aromatic heterocycles. The van der Waals surface area contributed by atoms with Crippen LogP contribution in [0.3, 0.4) is 0 Å². The van der Waals surface area contributed by atoms with Gasteiger partial charge < -0.3 is 0 Å². The van der Waals surface area contributed by atoms with Crippen LogP contribution < -0.4 is 0 Å². The highest BCUT2D eigenvalue weighted by atomic mass is 32.2. The second-order valence-corrected chi connectivity index (χ2v) is 3.12. The van der Waals surface area contributed by atoms with E-state index in [4.69, 9.17) is 0 Å². The number of thioether (sulfide) groups is 1. The van der Waals surface area contributed by atoms with Gasteiger partial charge >= 0.3 is 0 Å². The molecule has 0 aromatic carbocycles. The maximum Gasteiger partial charge on any atom is 0.214 e. The summed E-state index contributed by atoms with van der Waals surface area (Å²) in [5, 5.41) is 5.71. The fourth-order valence-corrected chi connectivity index (χ4v) is 1.15. The molecule has 0 unspecified atom stereocenters. The zero-order valence-electron chi connectivity index (χ0n) is 5.17. The molecule has 0 saturated heterocycles. The predicted octanol–water partition coefficient (Wildman–Crippen LogP) is 1.11. The van der Waals surface area contributed by atoms with E-state index in [-0.39, 0.29) is 5.12 Å². The zero-order chi connectivity index (χ0) is 7.56. The molecule has 1 heterocycles. The molecule has 10 heavy (non-hydrogen) atoms. The molecule has 2 N–H and O–H groups in total. The Kier molecular flexibility index (Phi) is 2.23. The number of H-pyrrole nitrogens is 2. The molecule has 54 valence electrons. The summed E-state index contributed by atoms with van der Waals surface area (Å²) in [5.41, 5.74) is 0. The molecular weight excluding hydrogens is 170 g/mol. The van der Waals surface area contributed by atoms with Crippen molar-refractivity contribution in [2.45, 2.75) is 12.1 Å². The summed E-state index contributed by atoms with van der Waals surface area (Å²) in [5.74, 6) is 0. The van der Waals surface area contributed by atoms with Crippen LogP contribution in [0.5, 0.6) is 0 Å². The van der Waals surface area contributed by atoms with Gasteiger partial charge in [0.2, 0.25) is 4.77 Å². The highest BCUT2D eigenvalue weighted by Crippen LogP contribution is 2.10. The molecule has 0 amide bonds. The smallest absolute Gasteiger partial charge is 0.214 e. The summed E-state index contributed by atoms with van der Waals surface area (Å²) in [6.07, 6.45) is 0. The van der Waals surface area contributed by atoms with Gasteiger partial charge in [0, 0.05) is 6.92 Å². The van der Waals surface area contributed by atoms with Crippen molar-refractivity contribution in [2.24, 2.45) is 0 Å². The molecule has 0 aliphatic carbocycles. The first-order valence-corrected chi connectivity index (χ1v) is 3.74. The summed E-state index contributed by atoms with van der Waals surface area (Å²) in [6, 6.07) is 0. The summed E-state index contributed by atoms with van der Waals surface area (Å²) in [6.45, 7) is 1.47. The molecule has 0 radical (unpaired) electrons. The Morgan fingerprint density at radius 2 is 2.40 bits per heavy atom. The topological polar surface area (TPSA) is 61.5 Å². The van der Waals surface area contributed by atoms with E-state index >= 15 is 0 Å². The van der Waals surface area contributed by atoms with E-state index in [2.05, 4.69) is 27.4 Å². The molecular formula is C4H5N3OS2. The molecule has 0 fully saturated rings. The van der Waals surface area contributed by atoms with Gasteiger partial charge in [-0.3, -0.25) is 15.0 Å². The van der Waals surface area contributed by atoms with Crippen LogP contribution in [0.25, 0.3) is 0 Å². The first-order valence-electron chi connectivity index (χ1n) is 2.51. The maximum atomic E-state index is 10.5. The number of aromatic amines is 2. The van der Waals surface area contributed by atoms with E-state index < -0.39 is 0 Å². The number of nitrogens with zero attached hydrogens (tertiary/aromatic N) is 1. The standard InChI is InChI=1S/C4H5N3OS2/c1-2(8)10-4-5-3(9)6-7-4/h1H3,(H2,5,6,7,9). The summed E-state index contributed by atoms with van der Waals surface area (Å²) < 4.78 is 0.365. The molecule has 0 aliphatic rings. The fourth-order valence-electron chi connectivity index (χ4n) is 0.440. The molecule has 4 nitrogen and oxygen atoms in total. The van der Waals surface area contributed by atoms with Crippen molar-refractivity contribution in [3.8, 4) is 0 Å². The van der Waals surface area contributed by atoms with E-state index in [1.807, 2.05) is 0 Å². The van der Waals surface area contributed by atoms with Gasteiger partial charge in [0.25, 0.3) is 0 Å². The van der Waals surface area contributed by atoms with Gasteiger partial charge in [-0.15, -0.1) is 0 Å². The average Bonchev–Trinajstić information content (AvgIpc) is 2.13. The molecule has 6 heteroatoms. The Morgan fingerprint density at radius 1 is 1.70 bits per heavy atom. The van der Waals surface area contributed by atoms with Gasteiger partial charge in [0.15, 0.2) is 10.3 Å². The monoisotopic (exact) mass is 175 g/mol. The van der Waals surface area contributed by atoms with Crippen LogP contribution in [0, 0.1) is 4.77 Å². The van der Waals surface area contributed by atoms with Crippen LogP contribution in [0.15, 0.2) is 5.16 Å². The quantitative estimate of drug-likeness (QED) is 0.495. The van der Waals surface area contributed by atoms with Crippen LogP contribution in [-0.4, -0.2) is 20.3 Å². The highest BCUT2D eigenvalue weighted by Gasteiger charge is 1.99. The first kappa shape index (κ1) is 7.49. The second kappa shape index (κ2) is 2.98. The Labute approximate surface area is 66.4 Å². The largest absolute Gasteiger partial charge is 0.287 e. The minimum absolute atomic E-state index is 0.0160. The lowest BCUT2D eigenvalue weighted by atomic mass is 10.9. The van der Waals surface area contributed by atoms with Crippen molar-refractivity contribution in [1.29, 1.82) is 0 Å². The number of hydrogen-bond acceptors (Lipinski definition) is 4. The van der Waals surface area contributed by atoms with Gasteiger partial charge in [-0.2, -0.15) is 4.98 Å². The van der Waals surface area contributed by atoms with Crippen LogP contribution in [-0.2, 0) is 4.79 Å². The SMILES string of the molecule is CC(=O)Sc1nc(=S)[nH][nH]1. The maximum absolute atomic E-state index is 10.5. The van der Waals surface area contributed by atoms with Gasteiger partial charge in [0.05, 0.1) is 0 Å². The Bertz CT molecular complexity index is 289. The third-order valence-corrected chi connectivity index (χ3v) is 1.59. The minimum Gasteiger partial charge on any atom is -0.287 e. The first-order chi connectivity index (χ1) is 4.68. The van der Waals surface area contributed by atoms with Crippen LogP contribution in [0.2, 0.25) is 0 Å². The number of rotatable bonds is 1. The van der Waals surface area contributed by atoms with Crippen molar-refractivity contribution in [3.63, 3.8) is 0 Å². The van der Waals surface area contributed by atoms with Crippen molar-refractivity contribution in [3.05, 3.63) is 4.77 Å². The third-order valence-electron chi connectivity index (χ3n) is 0.720. The van der Waals surface area contributed by atoms with Gasteiger partial charge in [-0.1, -0.05) is 0 Å². The van der Waals surface area contributed by atoms with Crippen LogP contribution >= 0.6 is 24.0 Å². The molecule has 0 bridgehead atoms. The zero-order valence-corrected chi connectivity index (χ0v) is 6.80. The number of hydrogen-bond donors (Lipinski definition) is 2. The van der Waals surface area contributed by atoms with Gasteiger partial charge in [-0.25, -0.2) is 0 Å². The lowest BCUT2D eigenvalue weighted by molar-refractivity contribution is -0.109. The van der Waals surface area contributed by atoms with E-state index in [0.717, 1.165) is 11.8 Å². The summed E-state index contributed by atoms with van der Waals surface area (Å²) in [7, 11) is 0. The van der Waals surface area contributed by atoms with E-state index in [0.29, 0.717) is 9.93 Å². The Hall–Kier alpha value is -0.620. The lowest BCUT2D eigenvalue weighted by Gasteiger charge is -1.84. The Balaban J connectivity index is 2.76. The number of aromatic nitrogens is 3. The van der Waals surface area contributed by atoms with Crippen LogP contribution in [0.1, 0.15) is 6.92 Å². The van der Waals surface area contributed by atoms with Gasteiger partial charge in [-0.05, 0) is 24.0 Å². The molecule has 0 spiro atoms. The second-order valence-electron chi connectivity index (χ2n) is 1.57. The Morgan fingerprint density at radius 3 is 2.80 bits per heavy atom. The summed E-state index contributed by atoms with van der Waals surface area (Å²) >= 11 is 5.68. The fraction of sp³-hybridized carbons (Fsp3) is 0.250. The van der Waals surface area contributed by atoms with Crippen molar-refractivity contribution >= 4 is 29.1 Å². The number of nitrogens with one attached hydrogen (secondary N) is 2. The van der Waals surface area contributed by atoms with E-state index in [9.17, 15) is 4.79 Å². The normalized spacial score (nSPS) is 9.70. The third kappa shape index (κ3) is 1.96.